The lowest BCUT2D eigenvalue weighted by atomic mass is 10.1. The van der Waals surface area contributed by atoms with E-state index in [0.717, 1.165) is 17.1 Å². The molecule has 126 valence electrons. The Bertz CT molecular complexity index is 844. The van der Waals surface area contributed by atoms with Gasteiger partial charge in [-0.1, -0.05) is 66.2 Å². The van der Waals surface area contributed by atoms with Gasteiger partial charge in [0.2, 0.25) is 5.95 Å². The molecule has 0 saturated heterocycles. The molecule has 1 heterocycles. The standard InChI is InChI=1S/C21H22N4/c1-3-12-22-21-24-19(18-10-5-4-6-11-18)14-20(25-21)23-15-17-9-7-8-16(2)13-17/h3-11,13-14H,1,12,15H2,2H3,(H2,22,23,24,25). The highest BCUT2D eigenvalue weighted by atomic mass is 15.1. The van der Waals surface area contributed by atoms with Crippen molar-refractivity contribution in [2.45, 2.75) is 13.5 Å². The van der Waals surface area contributed by atoms with E-state index in [1.165, 1.54) is 11.1 Å². The third-order valence-electron chi connectivity index (χ3n) is 3.76. The minimum atomic E-state index is 0.591. The lowest BCUT2D eigenvalue weighted by Gasteiger charge is -2.11. The summed E-state index contributed by atoms with van der Waals surface area (Å²) in [5.74, 6) is 1.38. The van der Waals surface area contributed by atoms with Gasteiger partial charge in [0.1, 0.15) is 5.82 Å². The number of benzene rings is 2. The van der Waals surface area contributed by atoms with E-state index in [0.29, 0.717) is 19.0 Å². The normalized spacial score (nSPS) is 10.3. The van der Waals surface area contributed by atoms with Crippen molar-refractivity contribution >= 4 is 11.8 Å². The van der Waals surface area contributed by atoms with Gasteiger partial charge in [-0.05, 0) is 12.5 Å². The molecule has 0 spiro atoms. The molecule has 0 fully saturated rings. The number of aryl methyl sites for hydroxylation is 1. The third-order valence-corrected chi connectivity index (χ3v) is 3.76. The van der Waals surface area contributed by atoms with Crippen LogP contribution in [-0.4, -0.2) is 16.5 Å². The van der Waals surface area contributed by atoms with Crippen LogP contribution in [0.5, 0.6) is 0 Å². The largest absolute Gasteiger partial charge is 0.366 e. The van der Waals surface area contributed by atoms with Crippen molar-refractivity contribution in [2.24, 2.45) is 0 Å². The molecule has 0 aliphatic rings. The first-order chi connectivity index (χ1) is 12.2. The molecule has 0 saturated carbocycles. The topological polar surface area (TPSA) is 49.8 Å². The number of rotatable bonds is 7. The van der Waals surface area contributed by atoms with E-state index in [2.05, 4.69) is 58.4 Å². The zero-order chi connectivity index (χ0) is 17.5. The average Bonchev–Trinajstić information content (AvgIpc) is 2.65. The van der Waals surface area contributed by atoms with Crippen molar-refractivity contribution in [1.29, 1.82) is 0 Å². The van der Waals surface area contributed by atoms with E-state index in [1.807, 2.05) is 36.4 Å². The summed E-state index contributed by atoms with van der Waals surface area (Å²) in [6, 6.07) is 20.5. The Kier molecular flexibility index (Phi) is 5.42. The first-order valence-corrected chi connectivity index (χ1v) is 8.33. The number of nitrogens with one attached hydrogen (secondary N) is 2. The van der Waals surface area contributed by atoms with Gasteiger partial charge in [0.15, 0.2) is 0 Å². The molecule has 0 radical (unpaired) electrons. The maximum absolute atomic E-state index is 4.60. The summed E-state index contributed by atoms with van der Waals surface area (Å²) < 4.78 is 0. The van der Waals surface area contributed by atoms with Crippen LogP contribution in [0.25, 0.3) is 11.3 Å². The Morgan fingerprint density at radius 2 is 1.80 bits per heavy atom. The van der Waals surface area contributed by atoms with Gasteiger partial charge >= 0.3 is 0 Å². The molecule has 4 nitrogen and oxygen atoms in total. The highest BCUT2D eigenvalue weighted by molar-refractivity contribution is 5.64. The van der Waals surface area contributed by atoms with Crippen LogP contribution in [0.15, 0.2) is 73.3 Å². The second kappa shape index (κ2) is 8.11. The van der Waals surface area contributed by atoms with Crippen molar-refractivity contribution in [1.82, 2.24) is 9.97 Å². The second-order valence-electron chi connectivity index (χ2n) is 5.84. The Morgan fingerprint density at radius 1 is 0.960 bits per heavy atom. The van der Waals surface area contributed by atoms with Gasteiger partial charge in [-0.3, -0.25) is 0 Å². The summed E-state index contributed by atoms with van der Waals surface area (Å²) >= 11 is 0. The molecule has 3 aromatic rings. The van der Waals surface area contributed by atoms with E-state index in [9.17, 15) is 0 Å². The van der Waals surface area contributed by atoms with Gasteiger partial charge in [0, 0.05) is 24.7 Å². The quantitative estimate of drug-likeness (QED) is 0.619. The molecule has 4 heteroatoms. The smallest absolute Gasteiger partial charge is 0.225 e. The first-order valence-electron chi connectivity index (χ1n) is 8.33. The van der Waals surface area contributed by atoms with Crippen molar-refractivity contribution in [3.8, 4) is 11.3 Å². The van der Waals surface area contributed by atoms with Crippen LogP contribution in [0.3, 0.4) is 0 Å². The van der Waals surface area contributed by atoms with Gasteiger partial charge in [0.25, 0.3) is 0 Å². The summed E-state index contributed by atoms with van der Waals surface area (Å²) in [6.45, 7) is 7.16. The van der Waals surface area contributed by atoms with E-state index in [-0.39, 0.29) is 0 Å². The zero-order valence-corrected chi connectivity index (χ0v) is 14.4. The fourth-order valence-corrected chi connectivity index (χ4v) is 2.55. The fourth-order valence-electron chi connectivity index (χ4n) is 2.55. The first kappa shape index (κ1) is 16.7. The van der Waals surface area contributed by atoms with Crippen LogP contribution in [0, 0.1) is 6.92 Å². The summed E-state index contributed by atoms with van der Waals surface area (Å²) in [5, 5.41) is 6.57. The number of nitrogens with zero attached hydrogens (tertiary/aromatic N) is 2. The molecule has 2 aromatic carbocycles. The monoisotopic (exact) mass is 330 g/mol. The van der Waals surface area contributed by atoms with Crippen LogP contribution in [-0.2, 0) is 6.54 Å². The molecule has 25 heavy (non-hydrogen) atoms. The second-order valence-corrected chi connectivity index (χ2v) is 5.84. The SMILES string of the molecule is C=CCNc1nc(NCc2cccc(C)c2)cc(-c2ccccc2)n1. The molecule has 0 atom stereocenters. The Morgan fingerprint density at radius 3 is 2.56 bits per heavy atom. The van der Waals surface area contributed by atoms with Crippen molar-refractivity contribution < 1.29 is 0 Å². The minimum absolute atomic E-state index is 0.591. The van der Waals surface area contributed by atoms with Crippen molar-refractivity contribution in [3.05, 3.63) is 84.4 Å². The number of anilines is 2. The number of hydrogen-bond acceptors (Lipinski definition) is 4. The Hall–Kier alpha value is -3.14. The molecule has 2 N–H and O–H groups in total. The molecule has 0 aliphatic carbocycles. The molecule has 0 unspecified atom stereocenters. The molecule has 0 amide bonds. The molecule has 1 aromatic heterocycles. The van der Waals surface area contributed by atoms with E-state index in [1.54, 1.807) is 6.08 Å². The number of aromatic nitrogens is 2. The minimum Gasteiger partial charge on any atom is -0.366 e. The summed E-state index contributed by atoms with van der Waals surface area (Å²) in [6.07, 6.45) is 1.79. The third kappa shape index (κ3) is 4.67. The lowest BCUT2D eigenvalue weighted by Crippen LogP contribution is -2.08. The van der Waals surface area contributed by atoms with Crippen LogP contribution in [0.2, 0.25) is 0 Å². The molecular formula is C21H22N4. The summed E-state index contributed by atoms with van der Waals surface area (Å²) in [7, 11) is 0. The van der Waals surface area contributed by atoms with Crippen molar-refractivity contribution in [3.63, 3.8) is 0 Å². The Balaban J connectivity index is 1.85. The Labute approximate surface area is 148 Å². The molecule has 0 bridgehead atoms. The van der Waals surface area contributed by atoms with Crippen LogP contribution < -0.4 is 10.6 Å². The highest BCUT2D eigenvalue weighted by Crippen LogP contribution is 2.21. The fraction of sp³-hybridized carbons (Fsp3) is 0.143. The predicted molar refractivity (Wildman–Crippen MR) is 105 cm³/mol. The van der Waals surface area contributed by atoms with E-state index >= 15 is 0 Å². The van der Waals surface area contributed by atoms with Gasteiger partial charge in [0.05, 0.1) is 5.69 Å². The zero-order valence-electron chi connectivity index (χ0n) is 14.4. The summed E-state index contributed by atoms with van der Waals surface area (Å²) in [4.78, 5) is 9.15. The lowest BCUT2D eigenvalue weighted by molar-refractivity contribution is 1.07. The van der Waals surface area contributed by atoms with Gasteiger partial charge in [-0.2, -0.15) is 4.98 Å². The molecular weight excluding hydrogens is 308 g/mol. The predicted octanol–water partition coefficient (Wildman–Crippen LogP) is 4.66. The highest BCUT2D eigenvalue weighted by Gasteiger charge is 2.06. The average molecular weight is 330 g/mol. The van der Waals surface area contributed by atoms with Crippen molar-refractivity contribution in [2.75, 3.05) is 17.2 Å². The van der Waals surface area contributed by atoms with Crippen LogP contribution >= 0.6 is 0 Å². The van der Waals surface area contributed by atoms with Crippen LogP contribution in [0.1, 0.15) is 11.1 Å². The maximum Gasteiger partial charge on any atom is 0.225 e. The number of hydrogen-bond donors (Lipinski definition) is 2. The molecule has 0 aliphatic heterocycles. The van der Waals surface area contributed by atoms with E-state index in [4.69, 9.17) is 0 Å². The van der Waals surface area contributed by atoms with Gasteiger partial charge < -0.3 is 10.6 Å². The van der Waals surface area contributed by atoms with Gasteiger partial charge in [-0.15, -0.1) is 6.58 Å². The summed E-state index contributed by atoms with van der Waals surface area (Å²) in [5.41, 5.74) is 4.42. The van der Waals surface area contributed by atoms with Gasteiger partial charge in [-0.25, -0.2) is 4.98 Å². The van der Waals surface area contributed by atoms with Crippen LogP contribution in [0.4, 0.5) is 11.8 Å². The maximum atomic E-state index is 4.60. The van der Waals surface area contributed by atoms with E-state index < -0.39 is 0 Å². The molecule has 3 rings (SSSR count).